The minimum atomic E-state index is -4.63. The molecule has 0 fully saturated rings. The fraction of sp³-hybridized carbons (Fsp3) is 0.273. The summed E-state index contributed by atoms with van der Waals surface area (Å²) in [5, 5.41) is 1.92. The van der Waals surface area contributed by atoms with Crippen molar-refractivity contribution in [3.8, 4) is 0 Å². The molecule has 0 saturated carbocycles. The Morgan fingerprint density at radius 3 is 2.39 bits per heavy atom. The summed E-state index contributed by atoms with van der Waals surface area (Å²) in [6.45, 7) is 1.14. The lowest BCUT2D eigenvalue weighted by molar-refractivity contribution is -0.137. The second kappa shape index (κ2) is 5.16. The number of benzene rings is 1. The van der Waals surface area contributed by atoms with E-state index in [-0.39, 0.29) is 0 Å². The molecule has 1 amide bonds. The highest BCUT2D eigenvalue weighted by Gasteiger charge is 2.31. The Balaban J connectivity index is 2.95. The Morgan fingerprint density at radius 2 is 1.89 bits per heavy atom. The highest BCUT2D eigenvalue weighted by atomic mass is 19.4. The molecule has 0 saturated heterocycles. The maximum absolute atomic E-state index is 13.2. The van der Waals surface area contributed by atoms with Crippen molar-refractivity contribution in [3.05, 3.63) is 29.6 Å². The number of hydrogen-bond donors (Lipinski definition) is 1. The van der Waals surface area contributed by atoms with E-state index < -0.39 is 41.4 Å². The van der Waals surface area contributed by atoms with Crippen LogP contribution in [-0.2, 0) is 15.8 Å². The predicted octanol–water partition coefficient (Wildman–Crippen LogP) is 2.76. The van der Waals surface area contributed by atoms with Gasteiger partial charge in [0, 0.05) is 0 Å². The van der Waals surface area contributed by atoms with Gasteiger partial charge in [-0.05, 0) is 25.1 Å². The SMILES string of the molecule is CC(=O)CC(=O)Nc1cc(C(F)(F)F)ccc1F. The number of ketones is 1. The van der Waals surface area contributed by atoms with E-state index in [1.54, 1.807) is 0 Å². The lowest BCUT2D eigenvalue weighted by Crippen LogP contribution is -2.16. The molecular weight excluding hydrogens is 254 g/mol. The molecule has 0 bridgehead atoms. The molecule has 18 heavy (non-hydrogen) atoms. The van der Waals surface area contributed by atoms with Gasteiger partial charge in [-0.25, -0.2) is 4.39 Å². The first-order valence-electron chi connectivity index (χ1n) is 4.86. The summed E-state index contributed by atoms with van der Waals surface area (Å²) in [7, 11) is 0. The number of alkyl halides is 3. The van der Waals surface area contributed by atoms with Gasteiger partial charge in [0.05, 0.1) is 17.7 Å². The largest absolute Gasteiger partial charge is 0.416 e. The maximum Gasteiger partial charge on any atom is 0.416 e. The van der Waals surface area contributed by atoms with Gasteiger partial charge in [-0.3, -0.25) is 9.59 Å². The van der Waals surface area contributed by atoms with E-state index in [9.17, 15) is 27.2 Å². The van der Waals surface area contributed by atoms with Crippen molar-refractivity contribution < 1.29 is 27.2 Å². The van der Waals surface area contributed by atoms with Crippen molar-refractivity contribution in [2.45, 2.75) is 19.5 Å². The van der Waals surface area contributed by atoms with Crippen molar-refractivity contribution >= 4 is 17.4 Å². The first-order chi connectivity index (χ1) is 8.20. The molecule has 0 radical (unpaired) electrons. The molecule has 0 aliphatic heterocycles. The summed E-state index contributed by atoms with van der Waals surface area (Å²) in [5.41, 5.74) is -1.68. The molecule has 7 heteroatoms. The van der Waals surface area contributed by atoms with Crippen LogP contribution in [0.5, 0.6) is 0 Å². The summed E-state index contributed by atoms with van der Waals surface area (Å²) < 4.78 is 50.3. The maximum atomic E-state index is 13.2. The fourth-order valence-electron chi connectivity index (χ4n) is 1.22. The molecule has 1 aromatic rings. The number of carbonyl (C=O) groups excluding carboxylic acids is 2. The Bertz CT molecular complexity index is 482. The molecule has 0 atom stereocenters. The number of rotatable bonds is 3. The highest BCUT2D eigenvalue weighted by Crippen LogP contribution is 2.31. The number of amides is 1. The second-order valence-electron chi connectivity index (χ2n) is 3.62. The van der Waals surface area contributed by atoms with Crippen molar-refractivity contribution in [1.82, 2.24) is 0 Å². The van der Waals surface area contributed by atoms with Crippen LogP contribution in [0.2, 0.25) is 0 Å². The van der Waals surface area contributed by atoms with Gasteiger partial charge in [0.2, 0.25) is 5.91 Å². The average Bonchev–Trinajstić information content (AvgIpc) is 2.18. The van der Waals surface area contributed by atoms with E-state index in [1.165, 1.54) is 0 Å². The first-order valence-corrected chi connectivity index (χ1v) is 4.86. The molecule has 1 rings (SSSR count). The third-order valence-corrected chi connectivity index (χ3v) is 1.98. The second-order valence-corrected chi connectivity index (χ2v) is 3.62. The number of hydrogen-bond acceptors (Lipinski definition) is 2. The third kappa shape index (κ3) is 3.83. The van der Waals surface area contributed by atoms with Crippen molar-refractivity contribution in [1.29, 1.82) is 0 Å². The van der Waals surface area contributed by atoms with Crippen LogP contribution in [-0.4, -0.2) is 11.7 Å². The summed E-state index contributed by atoms with van der Waals surface area (Å²) in [6, 6.07) is 1.65. The van der Waals surface area contributed by atoms with Crippen molar-refractivity contribution in [2.75, 3.05) is 5.32 Å². The Hall–Kier alpha value is -1.92. The van der Waals surface area contributed by atoms with Gasteiger partial charge in [-0.15, -0.1) is 0 Å². The molecule has 0 unspecified atom stereocenters. The quantitative estimate of drug-likeness (QED) is 0.673. The van der Waals surface area contributed by atoms with Crippen molar-refractivity contribution in [3.63, 3.8) is 0 Å². The van der Waals surface area contributed by atoms with Gasteiger partial charge in [-0.2, -0.15) is 13.2 Å². The molecule has 98 valence electrons. The molecule has 0 aliphatic rings. The van der Waals surface area contributed by atoms with Crippen LogP contribution in [0.4, 0.5) is 23.2 Å². The Labute approximate surface area is 99.8 Å². The summed E-state index contributed by atoms with van der Waals surface area (Å²) in [5.74, 6) is -2.33. The first kappa shape index (κ1) is 14.1. The van der Waals surface area contributed by atoms with Gasteiger partial charge in [0.1, 0.15) is 11.6 Å². The van der Waals surface area contributed by atoms with Gasteiger partial charge in [0.15, 0.2) is 0 Å². The van der Waals surface area contributed by atoms with Crippen LogP contribution in [0.15, 0.2) is 18.2 Å². The van der Waals surface area contributed by atoms with Crippen LogP contribution in [0.1, 0.15) is 18.9 Å². The van der Waals surface area contributed by atoms with Crippen LogP contribution in [0.3, 0.4) is 0 Å². The average molecular weight is 263 g/mol. The van der Waals surface area contributed by atoms with E-state index in [1.807, 2.05) is 5.32 Å². The molecule has 1 N–H and O–H groups in total. The smallest absolute Gasteiger partial charge is 0.323 e. The summed E-state index contributed by atoms with van der Waals surface area (Å²) in [6.07, 6.45) is -5.15. The van der Waals surface area contributed by atoms with Gasteiger partial charge < -0.3 is 5.32 Å². The molecular formula is C11H9F4NO2. The van der Waals surface area contributed by atoms with Gasteiger partial charge >= 0.3 is 6.18 Å². The van der Waals surface area contributed by atoms with Crippen LogP contribution >= 0.6 is 0 Å². The molecule has 0 aromatic heterocycles. The van der Waals surface area contributed by atoms with E-state index in [0.29, 0.717) is 18.2 Å². The minimum absolute atomic E-state index is 0.472. The molecule has 1 aromatic carbocycles. The van der Waals surface area contributed by atoms with Crippen LogP contribution in [0, 0.1) is 5.82 Å². The minimum Gasteiger partial charge on any atom is -0.323 e. The topological polar surface area (TPSA) is 46.2 Å². The van der Waals surface area contributed by atoms with E-state index in [4.69, 9.17) is 0 Å². The van der Waals surface area contributed by atoms with Gasteiger partial charge in [-0.1, -0.05) is 0 Å². The normalized spacial score (nSPS) is 11.2. The fourth-order valence-corrected chi connectivity index (χ4v) is 1.22. The third-order valence-electron chi connectivity index (χ3n) is 1.98. The summed E-state index contributed by atoms with van der Waals surface area (Å²) >= 11 is 0. The summed E-state index contributed by atoms with van der Waals surface area (Å²) in [4.78, 5) is 21.8. The number of Topliss-reactive ketones (excluding diaryl/α,β-unsaturated/α-hetero) is 1. The molecule has 0 aliphatic carbocycles. The lowest BCUT2D eigenvalue weighted by Gasteiger charge is -2.10. The zero-order valence-corrected chi connectivity index (χ0v) is 9.27. The molecule has 3 nitrogen and oxygen atoms in total. The van der Waals surface area contributed by atoms with Crippen molar-refractivity contribution in [2.24, 2.45) is 0 Å². The monoisotopic (exact) mass is 263 g/mol. The molecule has 0 spiro atoms. The Kier molecular flexibility index (Phi) is 4.05. The van der Waals surface area contributed by atoms with Crippen LogP contribution in [0.25, 0.3) is 0 Å². The van der Waals surface area contributed by atoms with E-state index in [0.717, 1.165) is 6.92 Å². The van der Waals surface area contributed by atoms with Crippen LogP contribution < -0.4 is 5.32 Å². The highest BCUT2D eigenvalue weighted by molar-refractivity contribution is 6.03. The van der Waals surface area contributed by atoms with Gasteiger partial charge in [0.25, 0.3) is 0 Å². The Morgan fingerprint density at radius 1 is 1.28 bits per heavy atom. The number of halogens is 4. The predicted molar refractivity (Wildman–Crippen MR) is 55.3 cm³/mol. The van der Waals surface area contributed by atoms with E-state index >= 15 is 0 Å². The zero-order chi connectivity index (χ0) is 13.9. The zero-order valence-electron chi connectivity index (χ0n) is 9.27. The number of carbonyl (C=O) groups is 2. The number of nitrogens with one attached hydrogen (secondary N) is 1. The lowest BCUT2D eigenvalue weighted by atomic mass is 10.2. The van der Waals surface area contributed by atoms with E-state index in [2.05, 4.69) is 0 Å². The standard InChI is InChI=1S/C11H9F4NO2/c1-6(17)4-10(18)16-9-5-7(11(13,14)15)2-3-8(9)12/h2-3,5H,4H2,1H3,(H,16,18). The number of anilines is 1. The molecule has 0 heterocycles.